The molecule has 0 aromatic heterocycles. The number of benzene rings is 3. The summed E-state index contributed by atoms with van der Waals surface area (Å²) in [6.45, 7) is 1.79. The number of aromatic carboxylic acids is 1. The third-order valence-corrected chi connectivity index (χ3v) is 5.80. The molecule has 3 N–H and O–H groups in total. The van der Waals surface area contributed by atoms with Crippen LogP contribution in [0.2, 0.25) is 0 Å². The van der Waals surface area contributed by atoms with E-state index < -0.39 is 5.97 Å². The van der Waals surface area contributed by atoms with Crippen molar-refractivity contribution in [3.8, 4) is 28.4 Å². The Kier molecular flexibility index (Phi) is 7.44. The summed E-state index contributed by atoms with van der Waals surface area (Å²) in [6, 6.07) is 17.8. The molecule has 1 aliphatic heterocycles. The fourth-order valence-electron chi connectivity index (χ4n) is 3.86. The van der Waals surface area contributed by atoms with Gasteiger partial charge in [-0.1, -0.05) is 36.8 Å². The number of ether oxygens (including phenoxy) is 2. The molecule has 0 aliphatic carbocycles. The number of Topliss-reactive ketones (excluding diaryl/α,β-unsaturated/α-hetero) is 1. The minimum Gasteiger partial charge on any atom is -0.507 e. The average molecular weight is 462 g/mol. The van der Waals surface area contributed by atoms with E-state index in [9.17, 15) is 19.8 Å². The summed E-state index contributed by atoms with van der Waals surface area (Å²) in [7, 11) is 0. The highest BCUT2D eigenvalue weighted by Gasteiger charge is 2.16. The molecule has 0 bridgehead atoms. The highest BCUT2D eigenvalue weighted by molar-refractivity contribution is 5.96. The molecule has 4 rings (SSSR count). The fourth-order valence-corrected chi connectivity index (χ4v) is 3.86. The number of hydrogen-bond acceptors (Lipinski definition) is 6. The smallest absolute Gasteiger partial charge is 0.339 e. The second-order valence-corrected chi connectivity index (χ2v) is 8.21. The van der Waals surface area contributed by atoms with E-state index in [4.69, 9.17) is 9.47 Å². The lowest BCUT2D eigenvalue weighted by molar-refractivity contribution is 0.0693. The molecule has 0 unspecified atom stereocenters. The topological polar surface area (TPSA) is 105 Å². The van der Waals surface area contributed by atoms with E-state index in [1.165, 1.54) is 12.1 Å². The van der Waals surface area contributed by atoms with Gasteiger partial charge in [0.2, 0.25) is 6.79 Å². The van der Waals surface area contributed by atoms with Crippen LogP contribution in [0.4, 0.5) is 0 Å². The Morgan fingerprint density at radius 2 is 1.62 bits per heavy atom. The number of carboxylic acids is 1. The number of carbonyl (C=O) groups excluding carboxylic acids is 1. The number of fused-ring (bicyclic) bond motifs is 1. The summed E-state index contributed by atoms with van der Waals surface area (Å²) >= 11 is 0. The SMILES string of the molecule is O=C(CCCCCNCc1ccc(-c2ccc(O)c(C(=O)O)c2)cc1)c1ccc2c(c1)OCO2. The van der Waals surface area contributed by atoms with Gasteiger partial charge in [0.25, 0.3) is 0 Å². The number of carbonyl (C=O) groups is 2. The molecule has 3 aromatic carbocycles. The van der Waals surface area contributed by atoms with Crippen molar-refractivity contribution in [2.24, 2.45) is 0 Å². The van der Waals surface area contributed by atoms with Gasteiger partial charge in [0, 0.05) is 18.5 Å². The van der Waals surface area contributed by atoms with Crippen LogP contribution in [0, 0.1) is 0 Å². The highest BCUT2D eigenvalue weighted by Crippen LogP contribution is 2.33. The van der Waals surface area contributed by atoms with E-state index in [2.05, 4.69) is 5.32 Å². The quantitative estimate of drug-likeness (QED) is 0.272. The van der Waals surface area contributed by atoms with E-state index in [1.807, 2.05) is 24.3 Å². The molecule has 7 nitrogen and oxygen atoms in total. The molecule has 0 fully saturated rings. The maximum atomic E-state index is 12.4. The number of hydrogen-bond donors (Lipinski definition) is 3. The molecule has 0 atom stereocenters. The average Bonchev–Trinajstić information content (AvgIpc) is 3.32. The lowest BCUT2D eigenvalue weighted by Crippen LogP contribution is -2.14. The first-order chi connectivity index (χ1) is 16.5. The van der Waals surface area contributed by atoms with E-state index in [0.29, 0.717) is 23.5 Å². The van der Waals surface area contributed by atoms with Gasteiger partial charge in [-0.3, -0.25) is 4.79 Å². The number of carboxylic acid groups (broad SMARTS) is 1. The van der Waals surface area contributed by atoms with Crippen molar-refractivity contribution in [3.05, 3.63) is 77.4 Å². The third kappa shape index (κ3) is 5.74. The zero-order chi connectivity index (χ0) is 23.9. The van der Waals surface area contributed by atoms with Gasteiger partial charge in [0.1, 0.15) is 11.3 Å². The van der Waals surface area contributed by atoms with Gasteiger partial charge < -0.3 is 25.0 Å². The number of rotatable bonds is 11. The van der Waals surface area contributed by atoms with Gasteiger partial charge >= 0.3 is 5.97 Å². The van der Waals surface area contributed by atoms with E-state index >= 15 is 0 Å². The van der Waals surface area contributed by atoms with Crippen LogP contribution in [-0.2, 0) is 6.54 Å². The predicted molar refractivity (Wildman–Crippen MR) is 128 cm³/mol. The van der Waals surface area contributed by atoms with Gasteiger partial charge in [-0.15, -0.1) is 0 Å². The molecule has 176 valence electrons. The number of ketones is 1. The lowest BCUT2D eigenvalue weighted by Gasteiger charge is -2.08. The van der Waals surface area contributed by atoms with E-state index in [1.54, 1.807) is 24.3 Å². The van der Waals surface area contributed by atoms with Crippen LogP contribution in [0.1, 0.15) is 52.0 Å². The minimum absolute atomic E-state index is 0.110. The molecule has 0 radical (unpaired) electrons. The summed E-state index contributed by atoms with van der Waals surface area (Å²) in [4.78, 5) is 23.6. The number of aromatic hydroxyl groups is 1. The molecule has 1 aliphatic rings. The number of phenols is 1. The Labute approximate surface area is 198 Å². The van der Waals surface area contributed by atoms with Gasteiger partial charge in [-0.05, 0) is 66.4 Å². The van der Waals surface area contributed by atoms with Crippen molar-refractivity contribution in [3.63, 3.8) is 0 Å². The first-order valence-electron chi connectivity index (χ1n) is 11.3. The van der Waals surface area contributed by atoms with Gasteiger partial charge in [0.15, 0.2) is 17.3 Å². The Morgan fingerprint density at radius 3 is 2.41 bits per heavy atom. The van der Waals surface area contributed by atoms with Crippen LogP contribution in [0.3, 0.4) is 0 Å². The van der Waals surface area contributed by atoms with Crippen molar-refractivity contribution in [1.29, 1.82) is 0 Å². The molecular formula is C27H27NO6. The summed E-state index contributed by atoms with van der Waals surface area (Å²) in [5, 5.41) is 22.3. The van der Waals surface area contributed by atoms with E-state index in [0.717, 1.165) is 49.0 Å². The van der Waals surface area contributed by atoms with Crippen molar-refractivity contribution >= 4 is 11.8 Å². The second kappa shape index (κ2) is 10.9. The fraction of sp³-hybridized carbons (Fsp3) is 0.259. The number of unbranched alkanes of at least 4 members (excludes halogenated alkanes) is 2. The molecule has 3 aromatic rings. The Bertz CT molecular complexity index is 1170. The highest BCUT2D eigenvalue weighted by atomic mass is 16.7. The Hall–Kier alpha value is -3.84. The summed E-state index contributed by atoms with van der Waals surface area (Å²) in [5.41, 5.74) is 3.31. The summed E-state index contributed by atoms with van der Waals surface area (Å²) < 4.78 is 10.6. The zero-order valence-electron chi connectivity index (χ0n) is 18.8. The van der Waals surface area contributed by atoms with Crippen LogP contribution in [0.25, 0.3) is 11.1 Å². The third-order valence-electron chi connectivity index (χ3n) is 5.80. The van der Waals surface area contributed by atoms with Gasteiger partial charge in [-0.25, -0.2) is 4.79 Å². The Balaban J connectivity index is 1.15. The molecule has 0 amide bonds. The zero-order valence-corrected chi connectivity index (χ0v) is 18.8. The number of nitrogens with one attached hydrogen (secondary N) is 1. The first-order valence-corrected chi connectivity index (χ1v) is 11.3. The van der Waals surface area contributed by atoms with Crippen LogP contribution < -0.4 is 14.8 Å². The normalized spacial score (nSPS) is 12.0. The maximum absolute atomic E-state index is 12.4. The molecule has 1 heterocycles. The van der Waals surface area contributed by atoms with Crippen LogP contribution in [-0.4, -0.2) is 35.3 Å². The van der Waals surface area contributed by atoms with Gasteiger partial charge in [0.05, 0.1) is 0 Å². The molecule has 0 saturated heterocycles. The molecule has 0 saturated carbocycles. The summed E-state index contributed by atoms with van der Waals surface area (Å²) in [5.74, 6) is 0.0448. The van der Waals surface area contributed by atoms with Gasteiger partial charge in [-0.2, -0.15) is 0 Å². The van der Waals surface area contributed by atoms with Crippen LogP contribution in [0.15, 0.2) is 60.7 Å². The second-order valence-electron chi connectivity index (χ2n) is 8.21. The van der Waals surface area contributed by atoms with E-state index in [-0.39, 0.29) is 23.9 Å². The Morgan fingerprint density at radius 1 is 0.853 bits per heavy atom. The van der Waals surface area contributed by atoms with Crippen LogP contribution >= 0.6 is 0 Å². The molecule has 0 spiro atoms. The van der Waals surface area contributed by atoms with Crippen LogP contribution in [0.5, 0.6) is 17.2 Å². The molecule has 34 heavy (non-hydrogen) atoms. The van der Waals surface area contributed by atoms with Crippen molar-refractivity contribution in [2.75, 3.05) is 13.3 Å². The monoisotopic (exact) mass is 461 g/mol. The molecule has 7 heteroatoms. The van der Waals surface area contributed by atoms with Crippen molar-refractivity contribution < 1.29 is 29.3 Å². The summed E-state index contributed by atoms with van der Waals surface area (Å²) in [6.07, 6.45) is 3.31. The largest absolute Gasteiger partial charge is 0.507 e. The predicted octanol–water partition coefficient (Wildman–Crippen LogP) is 5.02. The first kappa shape index (κ1) is 23.3. The maximum Gasteiger partial charge on any atom is 0.339 e. The standard InChI is InChI=1S/C27H27NO6/c29-23(21-10-12-25-26(15-21)34-17-33-25)4-2-1-3-13-28-16-18-5-7-19(8-6-18)20-9-11-24(30)22(14-20)27(31)32/h5-12,14-15,28,30H,1-4,13,16-17H2,(H,31,32). The van der Waals surface area contributed by atoms with Crippen molar-refractivity contribution in [2.45, 2.75) is 32.2 Å². The lowest BCUT2D eigenvalue weighted by atomic mass is 10.0. The minimum atomic E-state index is -1.16. The molecular weight excluding hydrogens is 434 g/mol. The van der Waals surface area contributed by atoms with Crippen molar-refractivity contribution in [1.82, 2.24) is 5.32 Å².